The van der Waals surface area contributed by atoms with Crippen molar-refractivity contribution in [3.05, 3.63) is 12.2 Å². The Balaban J connectivity index is 3.20. The van der Waals surface area contributed by atoms with Crippen LogP contribution in [0.15, 0.2) is 12.2 Å². The third kappa shape index (κ3) is 6.47. The van der Waals surface area contributed by atoms with Crippen LogP contribution in [0.3, 0.4) is 0 Å². The lowest BCUT2D eigenvalue weighted by Gasteiger charge is -2.00. The first-order valence-electron chi connectivity index (χ1n) is 4.59. The van der Waals surface area contributed by atoms with Gasteiger partial charge in [0.25, 0.3) is 0 Å². The Kier molecular flexibility index (Phi) is 7.26. The van der Waals surface area contributed by atoms with Crippen LogP contribution in [0.25, 0.3) is 0 Å². The number of carbonyl (C=O) groups is 1. The van der Waals surface area contributed by atoms with Gasteiger partial charge in [0.2, 0.25) is 5.12 Å². The fourth-order valence-electron chi connectivity index (χ4n) is 1.05. The lowest BCUT2D eigenvalue weighted by atomic mass is 10.1. The lowest BCUT2D eigenvalue weighted by molar-refractivity contribution is -0.107. The van der Waals surface area contributed by atoms with Crippen molar-refractivity contribution in [1.29, 1.82) is 0 Å². The Hall–Kier alpha value is -0.240. The van der Waals surface area contributed by atoms with Crippen molar-refractivity contribution in [2.24, 2.45) is 0 Å². The zero-order chi connectivity index (χ0) is 9.40. The molecule has 0 N–H and O–H groups in total. The first-order chi connectivity index (χ1) is 5.68. The van der Waals surface area contributed by atoms with Gasteiger partial charge in [0.15, 0.2) is 0 Å². The number of unbranched alkanes of at least 4 members (excludes halogenated alkanes) is 4. The topological polar surface area (TPSA) is 17.1 Å². The first-order valence-corrected chi connectivity index (χ1v) is 5.04. The van der Waals surface area contributed by atoms with E-state index in [0.29, 0.717) is 5.57 Å². The third-order valence-electron chi connectivity index (χ3n) is 1.88. The Morgan fingerprint density at radius 3 is 2.33 bits per heavy atom. The molecule has 0 aromatic carbocycles. The molecule has 12 heavy (non-hydrogen) atoms. The maximum atomic E-state index is 10.6. The van der Waals surface area contributed by atoms with E-state index in [9.17, 15) is 4.79 Å². The lowest BCUT2D eigenvalue weighted by Crippen LogP contribution is -1.91. The Morgan fingerprint density at radius 1 is 1.25 bits per heavy atom. The second-order valence-electron chi connectivity index (χ2n) is 3.07. The van der Waals surface area contributed by atoms with Gasteiger partial charge in [0.05, 0.1) is 0 Å². The van der Waals surface area contributed by atoms with Gasteiger partial charge >= 0.3 is 0 Å². The van der Waals surface area contributed by atoms with Crippen LogP contribution in [0.5, 0.6) is 0 Å². The summed E-state index contributed by atoms with van der Waals surface area (Å²) in [6.45, 7) is 5.84. The normalized spacial score (nSPS) is 9.83. The summed E-state index contributed by atoms with van der Waals surface area (Å²) in [5.41, 5.74) is 0.648. The molecular weight excluding hydrogens is 168 g/mol. The van der Waals surface area contributed by atoms with Crippen molar-refractivity contribution in [3.63, 3.8) is 0 Å². The molecule has 0 aromatic heterocycles. The Bertz CT molecular complexity index is 152. The molecule has 0 aromatic rings. The molecular formula is C10H18OS. The van der Waals surface area contributed by atoms with E-state index in [4.69, 9.17) is 0 Å². The molecule has 0 radical (unpaired) electrons. The summed E-state index contributed by atoms with van der Waals surface area (Å²) >= 11 is 3.70. The summed E-state index contributed by atoms with van der Waals surface area (Å²) in [5, 5.41) is -0.162. The predicted molar refractivity (Wildman–Crippen MR) is 56.5 cm³/mol. The van der Waals surface area contributed by atoms with E-state index in [0.717, 1.165) is 12.8 Å². The molecule has 0 aliphatic heterocycles. The molecule has 0 rings (SSSR count). The molecule has 0 atom stereocenters. The minimum atomic E-state index is -0.162. The van der Waals surface area contributed by atoms with Crippen LogP contribution in [-0.4, -0.2) is 5.12 Å². The van der Waals surface area contributed by atoms with Crippen molar-refractivity contribution < 1.29 is 4.79 Å². The monoisotopic (exact) mass is 186 g/mol. The predicted octanol–water partition coefficient (Wildman–Crippen LogP) is 3.36. The van der Waals surface area contributed by atoms with Gasteiger partial charge in [-0.15, -0.1) is 12.6 Å². The van der Waals surface area contributed by atoms with Gasteiger partial charge in [0.1, 0.15) is 0 Å². The molecule has 0 saturated carbocycles. The SMILES string of the molecule is C=C(CCCCCCC)C(=O)S. The van der Waals surface area contributed by atoms with E-state index in [1.165, 1.54) is 25.7 Å². The van der Waals surface area contributed by atoms with Gasteiger partial charge in [-0.2, -0.15) is 0 Å². The molecule has 0 heterocycles. The van der Waals surface area contributed by atoms with Crippen molar-refractivity contribution in [2.75, 3.05) is 0 Å². The van der Waals surface area contributed by atoms with Crippen LogP contribution in [0.1, 0.15) is 45.4 Å². The fraction of sp³-hybridized carbons (Fsp3) is 0.700. The highest BCUT2D eigenvalue weighted by Gasteiger charge is 1.99. The summed E-state index contributed by atoms with van der Waals surface area (Å²) in [6, 6.07) is 0. The van der Waals surface area contributed by atoms with Gasteiger partial charge in [0, 0.05) is 0 Å². The number of carbonyl (C=O) groups excluding carboxylic acids is 1. The van der Waals surface area contributed by atoms with E-state index >= 15 is 0 Å². The van der Waals surface area contributed by atoms with Crippen molar-refractivity contribution in [3.8, 4) is 0 Å². The molecule has 0 aliphatic rings. The molecule has 0 spiro atoms. The molecule has 0 unspecified atom stereocenters. The van der Waals surface area contributed by atoms with Gasteiger partial charge in [-0.05, 0) is 18.4 Å². The van der Waals surface area contributed by atoms with Crippen LogP contribution in [-0.2, 0) is 4.79 Å². The molecule has 0 amide bonds. The smallest absolute Gasteiger partial charge is 0.211 e. The largest absolute Gasteiger partial charge is 0.282 e. The Labute approximate surface area is 80.7 Å². The Morgan fingerprint density at radius 2 is 1.83 bits per heavy atom. The number of hydrogen-bond acceptors (Lipinski definition) is 1. The molecule has 0 fully saturated rings. The van der Waals surface area contributed by atoms with E-state index in [-0.39, 0.29) is 5.12 Å². The quantitative estimate of drug-likeness (QED) is 0.366. The minimum absolute atomic E-state index is 0.162. The number of thiol groups is 1. The van der Waals surface area contributed by atoms with E-state index in [2.05, 4.69) is 26.1 Å². The van der Waals surface area contributed by atoms with Crippen LogP contribution in [0.4, 0.5) is 0 Å². The standard InChI is InChI=1S/C10H18OS/c1-3-4-5-6-7-8-9(2)10(11)12/h2-8H2,1H3,(H,11,12). The van der Waals surface area contributed by atoms with Gasteiger partial charge in [-0.1, -0.05) is 39.2 Å². The number of rotatable bonds is 7. The van der Waals surface area contributed by atoms with Crippen molar-refractivity contribution >= 4 is 17.7 Å². The van der Waals surface area contributed by atoms with Gasteiger partial charge in [-0.25, -0.2) is 0 Å². The summed E-state index contributed by atoms with van der Waals surface area (Å²) in [4.78, 5) is 10.6. The third-order valence-corrected chi connectivity index (χ3v) is 2.20. The van der Waals surface area contributed by atoms with Crippen molar-refractivity contribution in [2.45, 2.75) is 45.4 Å². The maximum Gasteiger partial charge on any atom is 0.211 e. The van der Waals surface area contributed by atoms with Crippen LogP contribution in [0, 0.1) is 0 Å². The van der Waals surface area contributed by atoms with Gasteiger partial charge < -0.3 is 0 Å². The first kappa shape index (κ1) is 11.8. The summed E-state index contributed by atoms with van der Waals surface area (Å²) in [7, 11) is 0. The van der Waals surface area contributed by atoms with Gasteiger partial charge in [-0.3, -0.25) is 4.79 Å². The molecule has 0 aliphatic carbocycles. The second-order valence-corrected chi connectivity index (χ2v) is 3.48. The molecule has 0 bridgehead atoms. The van der Waals surface area contributed by atoms with Crippen LogP contribution < -0.4 is 0 Å². The van der Waals surface area contributed by atoms with E-state index in [1.54, 1.807) is 0 Å². The van der Waals surface area contributed by atoms with Crippen molar-refractivity contribution in [1.82, 2.24) is 0 Å². The van der Waals surface area contributed by atoms with Crippen LogP contribution >= 0.6 is 12.6 Å². The summed E-state index contributed by atoms with van der Waals surface area (Å²) < 4.78 is 0. The van der Waals surface area contributed by atoms with E-state index < -0.39 is 0 Å². The second kappa shape index (κ2) is 7.41. The highest BCUT2D eigenvalue weighted by atomic mass is 32.1. The summed E-state index contributed by atoms with van der Waals surface area (Å²) in [6.07, 6.45) is 6.91. The fourth-order valence-corrected chi connectivity index (χ4v) is 1.16. The zero-order valence-corrected chi connectivity index (χ0v) is 8.70. The molecule has 0 saturated heterocycles. The maximum absolute atomic E-state index is 10.6. The molecule has 2 heteroatoms. The minimum Gasteiger partial charge on any atom is -0.282 e. The van der Waals surface area contributed by atoms with E-state index in [1.807, 2.05) is 0 Å². The zero-order valence-electron chi connectivity index (χ0n) is 7.81. The highest BCUT2D eigenvalue weighted by Crippen LogP contribution is 2.11. The highest BCUT2D eigenvalue weighted by molar-refractivity contribution is 7.97. The molecule has 1 nitrogen and oxygen atoms in total. The number of hydrogen-bond donors (Lipinski definition) is 1. The molecule has 70 valence electrons. The summed E-state index contributed by atoms with van der Waals surface area (Å²) in [5.74, 6) is 0. The van der Waals surface area contributed by atoms with Crippen LogP contribution in [0.2, 0.25) is 0 Å². The average Bonchev–Trinajstić information content (AvgIpc) is 2.03. The average molecular weight is 186 g/mol.